The SMILES string of the molecule is CS(=O)(=O)N1CCCc2cc(C(=O)NCCc3ccccc3)ccc21. The maximum absolute atomic E-state index is 12.4. The molecule has 25 heavy (non-hydrogen) atoms. The number of sulfonamides is 1. The molecule has 1 heterocycles. The number of hydrogen-bond donors (Lipinski definition) is 1. The van der Waals surface area contributed by atoms with E-state index in [2.05, 4.69) is 5.32 Å². The van der Waals surface area contributed by atoms with Crippen molar-refractivity contribution < 1.29 is 13.2 Å². The fraction of sp³-hybridized carbons (Fsp3) is 0.316. The normalized spacial score (nSPS) is 14.0. The number of nitrogens with zero attached hydrogens (tertiary/aromatic N) is 1. The first-order valence-corrected chi connectivity index (χ1v) is 10.2. The van der Waals surface area contributed by atoms with Gasteiger partial charge in [0.05, 0.1) is 11.9 Å². The van der Waals surface area contributed by atoms with Crippen LogP contribution in [0.15, 0.2) is 48.5 Å². The molecule has 5 nitrogen and oxygen atoms in total. The average Bonchev–Trinajstić information content (AvgIpc) is 2.60. The minimum Gasteiger partial charge on any atom is -0.352 e. The Kier molecular flexibility index (Phi) is 5.08. The highest BCUT2D eigenvalue weighted by atomic mass is 32.2. The first-order valence-electron chi connectivity index (χ1n) is 8.38. The lowest BCUT2D eigenvalue weighted by atomic mass is 10.0. The fourth-order valence-electron chi connectivity index (χ4n) is 3.12. The van der Waals surface area contributed by atoms with Crippen LogP contribution in [0.3, 0.4) is 0 Å². The number of carbonyl (C=O) groups is 1. The number of benzene rings is 2. The van der Waals surface area contributed by atoms with Crippen molar-refractivity contribution in [3.63, 3.8) is 0 Å². The summed E-state index contributed by atoms with van der Waals surface area (Å²) in [5.41, 5.74) is 3.35. The van der Waals surface area contributed by atoms with Crippen LogP contribution in [-0.2, 0) is 22.9 Å². The molecule has 0 spiro atoms. The van der Waals surface area contributed by atoms with E-state index in [1.54, 1.807) is 12.1 Å². The zero-order valence-corrected chi connectivity index (χ0v) is 15.1. The lowest BCUT2D eigenvalue weighted by molar-refractivity contribution is 0.0954. The van der Waals surface area contributed by atoms with Crippen LogP contribution < -0.4 is 9.62 Å². The number of nitrogens with one attached hydrogen (secondary N) is 1. The third-order valence-electron chi connectivity index (χ3n) is 4.36. The molecule has 0 atom stereocenters. The molecule has 3 rings (SSSR count). The van der Waals surface area contributed by atoms with E-state index < -0.39 is 10.0 Å². The second kappa shape index (κ2) is 7.27. The number of hydrogen-bond acceptors (Lipinski definition) is 3. The Morgan fingerprint density at radius 1 is 1.16 bits per heavy atom. The standard InChI is InChI=1S/C19H22N2O3S/c1-25(23,24)21-13-5-8-16-14-17(9-10-18(16)21)19(22)20-12-11-15-6-3-2-4-7-15/h2-4,6-7,9-10,14H,5,8,11-13H2,1H3,(H,20,22). The minimum atomic E-state index is -3.28. The van der Waals surface area contributed by atoms with E-state index in [0.29, 0.717) is 24.3 Å². The van der Waals surface area contributed by atoms with Crippen LogP contribution in [0.5, 0.6) is 0 Å². The quantitative estimate of drug-likeness (QED) is 0.892. The molecule has 6 heteroatoms. The van der Waals surface area contributed by atoms with Gasteiger partial charge in [0.15, 0.2) is 0 Å². The third-order valence-corrected chi connectivity index (χ3v) is 5.54. The molecule has 0 bridgehead atoms. The zero-order valence-electron chi connectivity index (χ0n) is 14.2. The number of fused-ring (bicyclic) bond motifs is 1. The van der Waals surface area contributed by atoms with Crippen LogP contribution in [-0.4, -0.2) is 33.7 Å². The Morgan fingerprint density at radius 2 is 1.92 bits per heavy atom. The van der Waals surface area contributed by atoms with Gasteiger partial charge >= 0.3 is 0 Å². The van der Waals surface area contributed by atoms with Gasteiger partial charge in [0.1, 0.15) is 0 Å². The van der Waals surface area contributed by atoms with Gasteiger partial charge in [-0.1, -0.05) is 30.3 Å². The maximum atomic E-state index is 12.4. The summed E-state index contributed by atoms with van der Waals surface area (Å²) in [5.74, 6) is -0.129. The lowest BCUT2D eigenvalue weighted by Crippen LogP contribution is -2.34. The number of rotatable bonds is 5. The van der Waals surface area contributed by atoms with Gasteiger partial charge in [-0.3, -0.25) is 9.10 Å². The van der Waals surface area contributed by atoms with E-state index in [-0.39, 0.29) is 5.91 Å². The number of anilines is 1. The summed E-state index contributed by atoms with van der Waals surface area (Å²) in [4.78, 5) is 12.4. The Morgan fingerprint density at radius 3 is 2.64 bits per heavy atom. The lowest BCUT2D eigenvalue weighted by Gasteiger charge is -2.29. The molecule has 1 N–H and O–H groups in total. The molecule has 0 fully saturated rings. The van der Waals surface area contributed by atoms with Crippen molar-refractivity contribution >= 4 is 21.6 Å². The summed E-state index contributed by atoms with van der Waals surface area (Å²) in [5, 5.41) is 2.92. The average molecular weight is 358 g/mol. The smallest absolute Gasteiger partial charge is 0.251 e. The van der Waals surface area contributed by atoms with Gasteiger partial charge in [0.25, 0.3) is 5.91 Å². The van der Waals surface area contributed by atoms with E-state index in [1.165, 1.54) is 16.1 Å². The van der Waals surface area contributed by atoms with Crippen LogP contribution in [0, 0.1) is 0 Å². The van der Waals surface area contributed by atoms with Crippen LogP contribution in [0.25, 0.3) is 0 Å². The Bertz CT molecular complexity index is 863. The molecule has 0 aromatic heterocycles. The molecule has 2 aromatic rings. The first-order chi connectivity index (χ1) is 11.9. The fourth-order valence-corrected chi connectivity index (χ4v) is 4.11. The van der Waals surface area contributed by atoms with Gasteiger partial charge in [0, 0.05) is 18.7 Å². The highest BCUT2D eigenvalue weighted by Crippen LogP contribution is 2.29. The molecule has 1 aliphatic rings. The van der Waals surface area contributed by atoms with Crippen molar-refractivity contribution in [2.24, 2.45) is 0 Å². The molecule has 2 aromatic carbocycles. The van der Waals surface area contributed by atoms with Crippen LogP contribution in [0.2, 0.25) is 0 Å². The predicted molar refractivity (Wildman–Crippen MR) is 99.4 cm³/mol. The Labute approximate surface area is 148 Å². The van der Waals surface area contributed by atoms with E-state index >= 15 is 0 Å². The van der Waals surface area contributed by atoms with Gasteiger partial charge in [0.2, 0.25) is 10.0 Å². The van der Waals surface area contributed by atoms with E-state index in [1.807, 2.05) is 36.4 Å². The molecular formula is C19H22N2O3S. The highest BCUT2D eigenvalue weighted by Gasteiger charge is 2.24. The highest BCUT2D eigenvalue weighted by molar-refractivity contribution is 7.92. The largest absolute Gasteiger partial charge is 0.352 e. The van der Waals surface area contributed by atoms with Crippen molar-refractivity contribution in [1.82, 2.24) is 5.32 Å². The molecule has 1 aliphatic heterocycles. The van der Waals surface area contributed by atoms with E-state index in [4.69, 9.17) is 0 Å². The van der Waals surface area contributed by atoms with Gasteiger partial charge in [-0.05, 0) is 48.6 Å². The van der Waals surface area contributed by atoms with Crippen molar-refractivity contribution in [3.8, 4) is 0 Å². The second-order valence-corrected chi connectivity index (χ2v) is 8.18. The Balaban J connectivity index is 1.68. The topological polar surface area (TPSA) is 66.5 Å². The predicted octanol–water partition coefficient (Wildman–Crippen LogP) is 2.37. The van der Waals surface area contributed by atoms with E-state index in [9.17, 15) is 13.2 Å². The van der Waals surface area contributed by atoms with Crippen molar-refractivity contribution in [3.05, 3.63) is 65.2 Å². The van der Waals surface area contributed by atoms with Gasteiger partial charge in [-0.2, -0.15) is 0 Å². The first kappa shape index (κ1) is 17.5. The van der Waals surface area contributed by atoms with Crippen LogP contribution in [0.1, 0.15) is 27.9 Å². The summed E-state index contributed by atoms with van der Waals surface area (Å²) in [6, 6.07) is 15.2. The molecule has 132 valence electrons. The molecule has 0 unspecified atom stereocenters. The van der Waals surface area contributed by atoms with Gasteiger partial charge in [-0.25, -0.2) is 8.42 Å². The number of amides is 1. The summed E-state index contributed by atoms with van der Waals surface area (Å²) in [7, 11) is -3.28. The maximum Gasteiger partial charge on any atom is 0.251 e. The number of carbonyl (C=O) groups excluding carboxylic acids is 1. The molecule has 0 saturated heterocycles. The van der Waals surface area contributed by atoms with Gasteiger partial charge < -0.3 is 5.32 Å². The second-order valence-electron chi connectivity index (χ2n) is 6.27. The number of aryl methyl sites for hydroxylation is 1. The van der Waals surface area contributed by atoms with Crippen molar-refractivity contribution in [2.45, 2.75) is 19.3 Å². The van der Waals surface area contributed by atoms with Crippen LogP contribution >= 0.6 is 0 Å². The van der Waals surface area contributed by atoms with Crippen LogP contribution in [0.4, 0.5) is 5.69 Å². The Hall–Kier alpha value is -2.34. The minimum absolute atomic E-state index is 0.129. The summed E-state index contributed by atoms with van der Waals surface area (Å²) in [6.45, 7) is 1.06. The van der Waals surface area contributed by atoms with Crippen molar-refractivity contribution in [1.29, 1.82) is 0 Å². The van der Waals surface area contributed by atoms with Crippen molar-refractivity contribution in [2.75, 3.05) is 23.7 Å². The van der Waals surface area contributed by atoms with E-state index in [0.717, 1.165) is 24.8 Å². The van der Waals surface area contributed by atoms with Gasteiger partial charge in [-0.15, -0.1) is 0 Å². The molecule has 0 aliphatic carbocycles. The molecular weight excluding hydrogens is 336 g/mol. The zero-order chi connectivity index (χ0) is 17.9. The summed E-state index contributed by atoms with van der Waals surface area (Å²) >= 11 is 0. The summed E-state index contributed by atoms with van der Waals surface area (Å²) < 4.78 is 25.2. The summed E-state index contributed by atoms with van der Waals surface area (Å²) in [6.07, 6.45) is 3.54. The third kappa shape index (κ3) is 4.20. The monoisotopic (exact) mass is 358 g/mol. The molecule has 1 amide bonds. The molecule has 0 radical (unpaired) electrons. The molecule has 0 saturated carbocycles.